The molecule has 1 aromatic carbocycles. The highest BCUT2D eigenvalue weighted by atomic mass is 32.2. The smallest absolute Gasteiger partial charge is 0.115 e. The van der Waals surface area contributed by atoms with Gasteiger partial charge in [-0.1, -0.05) is 0 Å². The summed E-state index contributed by atoms with van der Waals surface area (Å²) in [5.74, 6) is 0.394. The molecule has 1 aliphatic heterocycles. The largest absolute Gasteiger partial charge is 0.508 e. The summed E-state index contributed by atoms with van der Waals surface area (Å²) in [6, 6.07) is 5.72. The fourth-order valence-electron chi connectivity index (χ4n) is 1.97. The maximum Gasteiger partial charge on any atom is 0.115 e. The average Bonchev–Trinajstić information content (AvgIpc) is 2.60. The molecule has 0 radical (unpaired) electrons. The van der Waals surface area contributed by atoms with E-state index in [4.69, 9.17) is 0 Å². The number of phenolic OH excluding ortho intramolecular Hbond substituents is 1. The zero-order chi connectivity index (χ0) is 10.7. The van der Waals surface area contributed by atoms with Crippen LogP contribution in [0.1, 0.15) is 18.4 Å². The first-order valence-electron chi connectivity index (χ1n) is 5.43. The lowest BCUT2D eigenvalue weighted by Gasteiger charge is -2.06. The lowest BCUT2D eigenvalue weighted by Crippen LogP contribution is -2.10. The van der Waals surface area contributed by atoms with E-state index in [1.54, 1.807) is 6.07 Å². The van der Waals surface area contributed by atoms with Gasteiger partial charge >= 0.3 is 0 Å². The molecule has 1 unspecified atom stereocenters. The standard InChI is InChI=1S/C12H17NOS/c1-13-6-2-3-11-8-9-7-10(14)4-5-12(9)15-11/h4-5,7,11,13-14H,2-3,6,8H2,1H3. The van der Waals surface area contributed by atoms with Gasteiger partial charge in [0.1, 0.15) is 5.75 Å². The molecule has 1 aromatic rings. The van der Waals surface area contributed by atoms with Crippen LogP contribution in [-0.4, -0.2) is 23.9 Å². The first-order valence-corrected chi connectivity index (χ1v) is 6.30. The van der Waals surface area contributed by atoms with Gasteiger partial charge in [-0.05, 0) is 56.6 Å². The minimum atomic E-state index is 0.394. The second kappa shape index (κ2) is 4.90. The third-order valence-corrected chi connectivity index (χ3v) is 4.13. The van der Waals surface area contributed by atoms with Crippen LogP contribution in [0.2, 0.25) is 0 Å². The van der Waals surface area contributed by atoms with E-state index in [0.717, 1.165) is 13.0 Å². The van der Waals surface area contributed by atoms with Crippen molar-refractivity contribution in [3.8, 4) is 5.75 Å². The minimum absolute atomic E-state index is 0.394. The second-order valence-electron chi connectivity index (χ2n) is 3.98. The van der Waals surface area contributed by atoms with E-state index >= 15 is 0 Å². The molecule has 0 bridgehead atoms. The van der Waals surface area contributed by atoms with Crippen LogP contribution >= 0.6 is 11.8 Å². The summed E-state index contributed by atoms with van der Waals surface area (Å²) in [6.45, 7) is 1.10. The van der Waals surface area contributed by atoms with Gasteiger partial charge in [-0.25, -0.2) is 0 Å². The highest BCUT2D eigenvalue weighted by Gasteiger charge is 2.21. The molecule has 0 aliphatic carbocycles. The molecule has 2 rings (SSSR count). The molecule has 1 heterocycles. The second-order valence-corrected chi connectivity index (χ2v) is 5.32. The van der Waals surface area contributed by atoms with E-state index in [1.807, 2.05) is 30.9 Å². The number of fused-ring (bicyclic) bond motifs is 1. The van der Waals surface area contributed by atoms with Crippen LogP contribution in [0.5, 0.6) is 5.75 Å². The van der Waals surface area contributed by atoms with E-state index in [0.29, 0.717) is 11.0 Å². The Bertz CT molecular complexity index is 340. The number of thioether (sulfide) groups is 1. The van der Waals surface area contributed by atoms with Gasteiger partial charge in [0.2, 0.25) is 0 Å². The van der Waals surface area contributed by atoms with Crippen LogP contribution in [-0.2, 0) is 6.42 Å². The summed E-state index contributed by atoms with van der Waals surface area (Å²) < 4.78 is 0. The molecule has 82 valence electrons. The van der Waals surface area contributed by atoms with Crippen LogP contribution in [0.15, 0.2) is 23.1 Å². The summed E-state index contributed by atoms with van der Waals surface area (Å²) in [7, 11) is 1.99. The maximum absolute atomic E-state index is 9.38. The summed E-state index contributed by atoms with van der Waals surface area (Å²) in [5.41, 5.74) is 1.31. The van der Waals surface area contributed by atoms with Crippen LogP contribution in [0.3, 0.4) is 0 Å². The minimum Gasteiger partial charge on any atom is -0.508 e. The molecule has 2 nitrogen and oxygen atoms in total. The lowest BCUT2D eigenvalue weighted by atomic mass is 10.1. The van der Waals surface area contributed by atoms with Crippen LogP contribution < -0.4 is 5.32 Å². The van der Waals surface area contributed by atoms with Gasteiger partial charge in [0.05, 0.1) is 0 Å². The SMILES string of the molecule is CNCCCC1Cc2cc(O)ccc2S1. The van der Waals surface area contributed by atoms with Crippen LogP contribution in [0.4, 0.5) is 0 Å². The van der Waals surface area contributed by atoms with Gasteiger partial charge in [0.25, 0.3) is 0 Å². The van der Waals surface area contributed by atoms with E-state index < -0.39 is 0 Å². The number of rotatable bonds is 4. The third kappa shape index (κ3) is 2.67. The molecule has 1 atom stereocenters. The lowest BCUT2D eigenvalue weighted by molar-refractivity contribution is 0.474. The predicted octanol–water partition coefficient (Wildman–Crippen LogP) is 2.41. The Labute approximate surface area is 95.1 Å². The van der Waals surface area contributed by atoms with Crippen molar-refractivity contribution in [2.24, 2.45) is 0 Å². The molecule has 0 spiro atoms. The number of nitrogens with one attached hydrogen (secondary N) is 1. The average molecular weight is 223 g/mol. The van der Waals surface area contributed by atoms with E-state index in [2.05, 4.69) is 5.32 Å². The number of hydrogen-bond donors (Lipinski definition) is 2. The quantitative estimate of drug-likeness (QED) is 0.769. The van der Waals surface area contributed by atoms with Gasteiger partial charge in [-0.2, -0.15) is 0 Å². The summed E-state index contributed by atoms with van der Waals surface area (Å²) >= 11 is 1.96. The molecule has 0 fully saturated rings. The van der Waals surface area contributed by atoms with Gasteiger partial charge in [-0.3, -0.25) is 0 Å². The van der Waals surface area contributed by atoms with Crippen molar-refractivity contribution in [1.29, 1.82) is 0 Å². The summed E-state index contributed by atoms with van der Waals surface area (Å²) in [4.78, 5) is 1.35. The molecule has 0 amide bonds. The molecule has 15 heavy (non-hydrogen) atoms. The number of aromatic hydroxyl groups is 1. The van der Waals surface area contributed by atoms with Crippen molar-refractivity contribution in [2.75, 3.05) is 13.6 Å². The molecule has 2 N–H and O–H groups in total. The van der Waals surface area contributed by atoms with E-state index in [1.165, 1.54) is 23.3 Å². The molecule has 0 saturated heterocycles. The fraction of sp³-hybridized carbons (Fsp3) is 0.500. The topological polar surface area (TPSA) is 32.3 Å². The van der Waals surface area contributed by atoms with Gasteiger partial charge in [0.15, 0.2) is 0 Å². The number of phenols is 1. The highest BCUT2D eigenvalue weighted by molar-refractivity contribution is 8.00. The summed E-state index contributed by atoms with van der Waals surface area (Å²) in [6.07, 6.45) is 3.59. The van der Waals surface area contributed by atoms with Crippen molar-refractivity contribution in [2.45, 2.75) is 29.4 Å². The highest BCUT2D eigenvalue weighted by Crippen LogP contribution is 2.40. The zero-order valence-corrected chi connectivity index (χ0v) is 9.81. The van der Waals surface area contributed by atoms with Crippen molar-refractivity contribution in [3.05, 3.63) is 23.8 Å². The predicted molar refractivity (Wildman–Crippen MR) is 64.6 cm³/mol. The first-order chi connectivity index (χ1) is 7.29. The van der Waals surface area contributed by atoms with Crippen molar-refractivity contribution >= 4 is 11.8 Å². The van der Waals surface area contributed by atoms with E-state index in [9.17, 15) is 5.11 Å². The Morgan fingerprint density at radius 3 is 3.20 bits per heavy atom. The van der Waals surface area contributed by atoms with Gasteiger partial charge < -0.3 is 10.4 Å². The van der Waals surface area contributed by atoms with Crippen molar-refractivity contribution in [3.63, 3.8) is 0 Å². The Morgan fingerprint density at radius 1 is 1.53 bits per heavy atom. The fourth-order valence-corrected chi connectivity index (χ4v) is 3.32. The molecule has 0 aromatic heterocycles. The molecule has 1 aliphatic rings. The maximum atomic E-state index is 9.38. The van der Waals surface area contributed by atoms with Crippen molar-refractivity contribution in [1.82, 2.24) is 5.32 Å². The Morgan fingerprint density at radius 2 is 2.40 bits per heavy atom. The molecular formula is C12H17NOS. The van der Waals surface area contributed by atoms with E-state index in [-0.39, 0.29) is 0 Å². The Hall–Kier alpha value is -0.670. The Kier molecular flexibility index (Phi) is 3.54. The third-order valence-electron chi connectivity index (χ3n) is 2.74. The molecular weight excluding hydrogens is 206 g/mol. The normalized spacial score (nSPS) is 19.1. The molecule has 3 heteroatoms. The molecule has 0 saturated carbocycles. The van der Waals surface area contributed by atoms with Gasteiger partial charge in [-0.15, -0.1) is 11.8 Å². The monoisotopic (exact) mass is 223 g/mol. The number of hydrogen-bond acceptors (Lipinski definition) is 3. The van der Waals surface area contributed by atoms with Crippen LogP contribution in [0.25, 0.3) is 0 Å². The first kappa shape index (κ1) is 10.8. The van der Waals surface area contributed by atoms with Crippen LogP contribution in [0, 0.1) is 0 Å². The zero-order valence-electron chi connectivity index (χ0n) is 8.99. The Balaban J connectivity index is 1.91. The van der Waals surface area contributed by atoms with Crippen molar-refractivity contribution < 1.29 is 5.11 Å². The van der Waals surface area contributed by atoms with Gasteiger partial charge in [0, 0.05) is 10.1 Å². The summed E-state index contributed by atoms with van der Waals surface area (Å²) in [5, 5.41) is 13.3. The number of benzene rings is 1.